The van der Waals surface area contributed by atoms with E-state index in [0.717, 1.165) is 6.92 Å². The Morgan fingerprint density at radius 1 is 1.54 bits per heavy atom. The molecular formula is C7H12O6. The topological polar surface area (TPSA) is 104 Å². The van der Waals surface area contributed by atoms with Gasteiger partial charge in [0.2, 0.25) is 0 Å². The van der Waals surface area contributed by atoms with Gasteiger partial charge in [-0.15, -0.1) is 0 Å². The van der Waals surface area contributed by atoms with Crippen LogP contribution < -0.4 is 0 Å². The lowest BCUT2D eigenvalue weighted by molar-refractivity contribution is -0.161. The molecule has 0 heterocycles. The Bertz CT molecular complexity index is 180. The van der Waals surface area contributed by atoms with E-state index in [0.29, 0.717) is 0 Å². The summed E-state index contributed by atoms with van der Waals surface area (Å²) in [5.41, 5.74) is 0. The molecule has 0 aromatic heterocycles. The Morgan fingerprint density at radius 2 is 2.08 bits per heavy atom. The molecular weight excluding hydrogens is 180 g/mol. The van der Waals surface area contributed by atoms with E-state index in [1.54, 1.807) is 0 Å². The molecule has 0 aliphatic carbocycles. The monoisotopic (exact) mass is 192 g/mol. The largest absolute Gasteiger partial charge is 0.452 e. The van der Waals surface area contributed by atoms with Crippen molar-refractivity contribution in [3.05, 3.63) is 0 Å². The average molecular weight is 192 g/mol. The van der Waals surface area contributed by atoms with Gasteiger partial charge in [0.15, 0.2) is 12.4 Å². The number of aldehydes is 1. The standard InChI is InChI=1S/C7H12O6/c1-4(10)13-6(3-9)7(12)5(11)2-8/h3,5-8,11-12H,2H2,1H3/t5-,6-,7-/m0/s1. The number of aliphatic hydroxyl groups excluding tert-OH is 3. The summed E-state index contributed by atoms with van der Waals surface area (Å²) in [6.45, 7) is 0.349. The molecule has 0 unspecified atom stereocenters. The fourth-order valence-corrected chi connectivity index (χ4v) is 0.697. The van der Waals surface area contributed by atoms with Crippen LogP contribution in [0.25, 0.3) is 0 Å². The summed E-state index contributed by atoms with van der Waals surface area (Å²) >= 11 is 0. The van der Waals surface area contributed by atoms with Crippen LogP contribution in [0, 0.1) is 0 Å². The van der Waals surface area contributed by atoms with Gasteiger partial charge in [-0.1, -0.05) is 0 Å². The zero-order valence-corrected chi connectivity index (χ0v) is 7.08. The van der Waals surface area contributed by atoms with Crippen LogP contribution in [-0.2, 0) is 14.3 Å². The molecule has 0 aliphatic rings. The molecule has 0 amide bonds. The third kappa shape index (κ3) is 3.97. The average Bonchev–Trinajstić information content (AvgIpc) is 2.11. The molecule has 0 saturated heterocycles. The smallest absolute Gasteiger partial charge is 0.303 e. The van der Waals surface area contributed by atoms with Gasteiger partial charge >= 0.3 is 5.97 Å². The maximum Gasteiger partial charge on any atom is 0.303 e. The first kappa shape index (κ1) is 12.0. The Morgan fingerprint density at radius 3 is 2.38 bits per heavy atom. The van der Waals surface area contributed by atoms with Crippen molar-refractivity contribution in [2.24, 2.45) is 0 Å². The fraction of sp³-hybridized carbons (Fsp3) is 0.714. The summed E-state index contributed by atoms with van der Waals surface area (Å²) in [4.78, 5) is 20.7. The molecule has 0 aliphatic heterocycles. The Kier molecular flexibility index (Phi) is 5.20. The maximum absolute atomic E-state index is 10.4. The summed E-state index contributed by atoms with van der Waals surface area (Å²) < 4.78 is 4.36. The van der Waals surface area contributed by atoms with Crippen LogP contribution in [0.3, 0.4) is 0 Å². The summed E-state index contributed by atoms with van der Waals surface area (Å²) in [7, 11) is 0. The summed E-state index contributed by atoms with van der Waals surface area (Å²) in [5, 5.41) is 26.4. The van der Waals surface area contributed by atoms with E-state index in [9.17, 15) is 9.59 Å². The van der Waals surface area contributed by atoms with E-state index in [1.807, 2.05) is 0 Å². The van der Waals surface area contributed by atoms with Crippen molar-refractivity contribution < 1.29 is 29.6 Å². The zero-order chi connectivity index (χ0) is 10.4. The predicted molar refractivity (Wildman–Crippen MR) is 40.7 cm³/mol. The number of rotatable bonds is 5. The van der Waals surface area contributed by atoms with E-state index in [-0.39, 0.29) is 6.29 Å². The third-order valence-corrected chi connectivity index (χ3v) is 1.35. The minimum atomic E-state index is -1.61. The Labute approximate surface area is 74.7 Å². The van der Waals surface area contributed by atoms with Crippen LogP contribution in [-0.4, -0.2) is 52.5 Å². The summed E-state index contributed by atoms with van der Waals surface area (Å²) in [6.07, 6.45) is -4.37. The van der Waals surface area contributed by atoms with Crippen molar-refractivity contribution in [3.8, 4) is 0 Å². The highest BCUT2D eigenvalue weighted by molar-refractivity contribution is 5.70. The van der Waals surface area contributed by atoms with E-state index in [4.69, 9.17) is 15.3 Å². The lowest BCUT2D eigenvalue weighted by Gasteiger charge is -2.20. The quantitative estimate of drug-likeness (QED) is 0.338. The molecule has 0 fully saturated rings. The number of carbonyl (C=O) groups excluding carboxylic acids is 2. The second-order valence-corrected chi connectivity index (χ2v) is 2.45. The van der Waals surface area contributed by atoms with Gasteiger partial charge in [-0.3, -0.25) is 9.59 Å². The van der Waals surface area contributed by atoms with Crippen LogP contribution in [0.4, 0.5) is 0 Å². The van der Waals surface area contributed by atoms with E-state index < -0.39 is 30.9 Å². The molecule has 0 rings (SSSR count). The van der Waals surface area contributed by atoms with Gasteiger partial charge in [-0.05, 0) is 0 Å². The molecule has 0 aromatic carbocycles. The van der Waals surface area contributed by atoms with Crippen molar-refractivity contribution in [2.75, 3.05) is 6.61 Å². The highest BCUT2D eigenvalue weighted by atomic mass is 16.6. The zero-order valence-electron chi connectivity index (χ0n) is 7.08. The highest BCUT2D eigenvalue weighted by Gasteiger charge is 2.27. The number of hydrogen-bond acceptors (Lipinski definition) is 6. The molecule has 3 atom stereocenters. The van der Waals surface area contributed by atoms with Crippen LogP contribution >= 0.6 is 0 Å². The van der Waals surface area contributed by atoms with Crippen molar-refractivity contribution in [3.63, 3.8) is 0 Å². The van der Waals surface area contributed by atoms with Crippen molar-refractivity contribution in [2.45, 2.75) is 25.2 Å². The SMILES string of the molecule is CC(=O)O[C@@H](C=O)[C@@H](O)[C@@H](O)CO. The van der Waals surface area contributed by atoms with E-state index in [2.05, 4.69) is 4.74 Å². The first-order chi connectivity index (χ1) is 6.02. The van der Waals surface area contributed by atoms with Gasteiger partial charge in [-0.2, -0.15) is 0 Å². The van der Waals surface area contributed by atoms with Gasteiger partial charge in [0, 0.05) is 6.92 Å². The first-order valence-electron chi connectivity index (χ1n) is 3.62. The third-order valence-electron chi connectivity index (χ3n) is 1.35. The molecule has 0 bridgehead atoms. The van der Waals surface area contributed by atoms with E-state index in [1.165, 1.54) is 0 Å². The predicted octanol–water partition coefficient (Wildman–Crippen LogP) is -2.17. The van der Waals surface area contributed by atoms with Crippen LogP contribution in [0.1, 0.15) is 6.92 Å². The lowest BCUT2D eigenvalue weighted by Crippen LogP contribution is -2.42. The second-order valence-electron chi connectivity index (χ2n) is 2.45. The van der Waals surface area contributed by atoms with Crippen LogP contribution in [0.2, 0.25) is 0 Å². The van der Waals surface area contributed by atoms with Gasteiger partial charge in [-0.25, -0.2) is 0 Å². The second kappa shape index (κ2) is 5.63. The minimum Gasteiger partial charge on any atom is -0.452 e. The lowest BCUT2D eigenvalue weighted by atomic mass is 10.1. The van der Waals surface area contributed by atoms with Gasteiger partial charge in [0.05, 0.1) is 6.61 Å². The fourth-order valence-electron chi connectivity index (χ4n) is 0.697. The molecule has 0 radical (unpaired) electrons. The highest BCUT2D eigenvalue weighted by Crippen LogP contribution is 2.02. The molecule has 13 heavy (non-hydrogen) atoms. The molecule has 3 N–H and O–H groups in total. The van der Waals surface area contributed by atoms with E-state index >= 15 is 0 Å². The molecule has 0 aromatic rings. The molecule has 0 spiro atoms. The number of esters is 1. The normalized spacial score (nSPS) is 17.2. The number of carbonyl (C=O) groups is 2. The van der Waals surface area contributed by atoms with Crippen molar-refractivity contribution in [1.29, 1.82) is 0 Å². The molecule has 76 valence electrons. The first-order valence-corrected chi connectivity index (χ1v) is 3.62. The van der Waals surface area contributed by atoms with Crippen LogP contribution in [0.5, 0.6) is 0 Å². The number of hydrogen-bond donors (Lipinski definition) is 3. The number of ether oxygens (including phenoxy) is 1. The maximum atomic E-state index is 10.4. The molecule has 6 nitrogen and oxygen atoms in total. The van der Waals surface area contributed by atoms with Gasteiger partial charge in [0.25, 0.3) is 0 Å². The van der Waals surface area contributed by atoms with Crippen LogP contribution in [0.15, 0.2) is 0 Å². The summed E-state index contributed by atoms with van der Waals surface area (Å²) in [5.74, 6) is -0.749. The summed E-state index contributed by atoms with van der Waals surface area (Å²) in [6, 6.07) is 0. The molecule has 6 heteroatoms. The van der Waals surface area contributed by atoms with Gasteiger partial charge < -0.3 is 20.1 Å². The Balaban J connectivity index is 4.21. The minimum absolute atomic E-state index is 0.185. The van der Waals surface area contributed by atoms with Crippen molar-refractivity contribution in [1.82, 2.24) is 0 Å². The van der Waals surface area contributed by atoms with Gasteiger partial charge in [0.1, 0.15) is 12.2 Å². The molecule has 0 saturated carbocycles. The van der Waals surface area contributed by atoms with Crippen molar-refractivity contribution >= 4 is 12.3 Å². The Hall–Kier alpha value is -0.980. The number of aliphatic hydroxyl groups is 3.